The van der Waals surface area contributed by atoms with E-state index in [1.54, 1.807) is 42.5 Å². The molecule has 186 valence electrons. The Morgan fingerprint density at radius 3 is 2.56 bits per heavy atom. The number of hydrogen-bond donors (Lipinski definition) is 2. The van der Waals surface area contributed by atoms with Crippen LogP contribution in [0.1, 0.15) is 25.0 Å². The van der Waals surface area contributed by atoms with Crippen molar-refractivity contribution in [2.45, 2.75) is 31.2 Å². The fourth-order valence-corrected chi connectivity index (χ4v) is 4.55. The topological polar surface area (TPSA) is 136 Å². The third kappa shape index (κ3) is 4.40. The van der Waals surface area contributed by atoms with E-state index in [-0.39, 0.29) is 0 Å². The molecule has 0 aliphatic carbocycles. The van der Waals surface area contributed by atoms with Crippen LogP contribution in [-0.4, -0.2) is 53.8 Å². The zero-order valence-electron chi connectivity index (χ0n) is 19.7. The molecule has 3 aromatic rings. The molecule has 4 heterocycles. The van der Waals surface area contributed by atoms with Gasteiger partial charge in [-0.3, -0.25) is 20.2 Å². The number of nitrogens with one attached hydrogen (secondary N) is 2. The Hall–Kier alpha value is -4.25. The standard InChI is InChI=1S/C25H25N5O6/c1-34-13-2-4-17-14-20(36-29-17)16-5-8-19(9-6-16)35-21-10-7-18(15-26-21)30-12-3-11-25(30)22(31)27-24(33)28-23(25)32/h5-10,14-15H,2-4,11-13H2,1H3,(H2,27,28,31,32,33). The molecule has 2 aliphatic rings. The lowest BCUT2D eigenvalue weighted by Gasteiger charge is -2.38. The molecule has 11 heteroatoms. The molecule has 11 nitrogen and oxygen atoms in total. The molecule has 2 aromatic heterocycles. The van der Waals surface area contributed by atoms with Gasteiger partial charge < -0.3 is 18.9 Å². The summed E-state index contributed by atoms with van der Waals surface area (Å²) in [5.74, 6) is 0.369. The maximum atomic E-state index is 12.6. The van der Waals surface area contributed by atoms with Gasteiger partial charge in [-0.2, -0.15) is 0 Å². The van der Waals surface area contributed by atoms with Crippen molar-refractivity contribution >= 4 is 23.5 Å². The number of methoxy groups -OCH3 is 1. The van der Waals surface area contributed by atoms with Gasteiger partial charge in [-0.1, -0.05) is 5.16 Å². The van der Waals surface area contributed by atoms with E-state index in [1.165, 1.54) is 0 Å². The molecule has 0 atom stereocenters. The van der Waals surface area contributed by atoms with Gasteiger partial charge in [0, 0.05) is 38.0 Å². The number of aromatic nitrogens is 2. The third-order valence-corrected chi connectivity index (χ3v) is 6.32. The minimum Gasteiger partial charge on any atom is -0.439 e. The van der Waals surface area contributed by atoms with Crippen LogP contribution in [0, 0.1) is 0 Å². The zero-order valence-corrected chi connectivity index (χ0v) is 19.7. The minimum absolute atomic E-state index is 0.308. The first-order valence-corrected chi connectivity index (χ1v) is 11.6. The van der Waals surface area contributed by atoms with Gasteiger partial charge in [0.25, 0.3) is 11.8 Å². The fraction of sp³-hybridized carbons (Fsp3) is 0.320. The van der Waals surface area contributed by atoms with Gasteiger partial charge in [-0.15, -0.1) is 0 Å². The summed E-state index contributed by atoms with van der Waals surface area (Å²) in [6.07, 6.45) is 4.14. The molecule has 2 N–H and O–H groups in total. The molecule has 2 fully saturated rings. The normalized spacial score (nSPS) is 16.8. The van der Waals surface area contributed by atoms with E-state index >= 15 is 0 Å². The number of amides is 4. The number of urea groups is 1. The molecule has 4 amide bonds. The van der Waals surface area contributed by atoms with Gasteiger partial charge in [0.05, 0.1) is 17.6 Å². The van der Waals surface area contributed by atoms with Crippen LogP contribution >= 0.6 is 0 Å². The molecule has 0 bridgehead atoms. The van der Waals surface area contributed by atoms with Crippen LogP contribution in [0.2, 0.25) is 0 Å². The molecule has 1 aromatic carbocycles. The highest BCUT2D eigenvalue weighted by Crippen LogP contribution is 2.36. The van der Waals surface area contributed by atoms with Crippen molar-refractivity contribution in [3.8, 4) is 23.0 Å². The molecule has 2 aliphatic heterocycles. The largest absolute Gasteiger partial charge is 0.439 e. The summed E-state index contributed by atoms with van der Waals surface area (Å²) >= 11 is 0. The SMILES string of the molecule is COCCCc1cc(-c2ccc(Oc3ccc(N4CCCC45C(=O)NC(=O)NC5=O)cn3)cc2)on1. The number of benzene rings is 1. The molecule has 0 saturated carbocycles. The van der Waals surface area contributed by atoms with E-state index in [9.17, 15) is 14.4 Å². The summed E-state index contributed by atoms with van der Waals surface area (Å²) in [6.45, 7) is 1.15. The van der Waals surface area contributed by atoms with Crippen molar-refractivity contribution in [2.24, 2.45) is 0 Å². The van der Waals surface area contributed by atoms with E-state index < -0.39 is 23.4 Å². The van der Waals surface area contributed by atoms with E-state index in [1.807, 2.05) is 18.2 Å². The number of aryl methyl sites for hydroxylation is 1. The molecule has 5 rings (SSSR count). The van der Waals surface area contributed by atoms with Gasteiger partial charge >= 0.3 is 6.03 Å². The van der Waals surface area contributed by atoms with Crippen molar-refractivity contribution < 1.29 is 28.4 Å². The Balaban J connectivity index is 1.25. The summed E-state index contributed by atoms with van der Waals surface area (Å²) in [4.78, 5) is 42.8. The molecule has 2 saturated heterocycles. The quantitative estimate of drug-likeness (QED) is 0.360. The summed E-state index contributed by atoms with van der Waals surface area (Å²) in [6, 6.07) is 11.9. The molecule has 0 radical (unpaired) electrons. The number of rotatable bonds is 8. The van der Waals surface area contributed by atoms with Gasteiger partial charge in [-0.25, -0.2) is 9.78 Å². The highest BCUT2D eigenvalue weighted by molar-refractivity contribution is 6.24. The second kappa shape index (κ2) is 9.78. The number of hydrogen-bond acceptors (Lipinski definition) is 9. The maximum absolute atomic E-state index is 12.6. The first kappa shape index (κ1) is 23.5. The summed E-state index contributed by atoms with van der Waals surface area (Å²) in [5.41, 5.74) is 0.874. The summed E-state index contributed by atoms with van der Waals surface area (Å²) < 4.78 is 16.4. The summed E-state index contributed by atoms with van der Waals surface area (Å²) in [5, 5.41) is 8.50. The zero-order chi connectivity index (χ0) is 25.1. The second-order valence-electron chi connectivity index (χ2n) is 8.61. The first-order chi connectivity index (χ1) is 17.5. The number of nitrogens with zero attached hydrogens (tertiary/aromatic N) is 3. The average molecular weight is 492 g/mol. The number of barbiturate groups is 1. The number of carbonyl (C=O) groups excluding carboxylic acids is 3. The van der Waals surface area contributed by atoms with Crippen LogP contribution in [0.15, 0.2) is 53.2 Å². The Morgan fingerprint density at radius 2 is 1.86 bits per heavy atom. The number of pyridine rings is 1. The van der Waals surface area contributed by atoms with E-state index in [2.05, 4.69) is 20.8 Å². The van der Waals surface area contributed by atoms with Crippen molar-refractivity contribution in [1.29, 1.82) is 0 Å². The number of carbonyl (C=O) groups is 3. The molecule has 36 heavy (non-hydrogen) atoms. The van der Waals surface area contributed by atoms with Crippen LogP contribution in [0.3, 0.4) is 0 Å². The average Bonchev–Trinajstić information content (AvgIpc) is 3.53. The number of anilines is 1. The predicted octanol–water partition coefficient (Wildman–Crippen LogP) is 2.81. The van der Waals surface area contributed by atoms with Gasteiger partial charge in [0.15, 0.2) is 11.3 Å². The lowest BCUT2D eigenvalue weighted by atomic mass is 9.92. The van der Waals surface area contributed by atoms with Gasteiger partial charge in [0.2, 0.25) is 5.88 Å². The number of imide groups is 2. The number of ether oxygens (including phenoxy) is 2. The predicted molar refractivity (Wildman–Crippen MR) is 127 cm³/mol. The minimum atomic E-state index is -1.46. The lowest BCUT2D eigenvalue weighted by Crippen LogP contribution is -2.71. The maximum Gasteiger partial charge on any atom is 0.328 e. The first-order valence-electron chi connectivity index (χ1n) is 11.6. The molecule has 1 spiro atoms. The monoisotopic (exact) mass is 491 g/mol. The third-order valence-electron chi connectivity index (χ3n) is 6.32. The van der Waals surface area contributed by atoms with Crippen LogP contribution in [-0.2, 0) is 20.7 Å². The lowest BCUT2D eigenvalue weighted by molar-refractivity contribution is -0.137. The Morgan fingerprint density at radius 1 is 1.08 bits per heavy atom. The Bertz CT molecular complexity index is 1250. The van der Waals surface area contributed by atoms with E-state index in [0.717, 1.165) is 24.1 Å². The van der Waals surface area contributed by atoms with Crippen molar-refractivity contribution in [3.05, 3.63) is 54.4 Å². The fourth-order valence-electron chi connectivity index (χ4n) is 4.55. The van der Waals surface area contributed by atoms with Crippen LogP contribution < -0.4 is 20.3 Å². The Labute approximate surface area is 206 Å². The highest BCUT2D eigenvalue weighted by atomic mass is 16.5. The van der Waals surface area contributed by atoms with Crippen molar-refractivity contribution in [1.82, 2.24) is 20.8 Å². The molecular weight excluding hydrogens is 466 g/mol. The highest BCUT2D eigenvalue weighted by Gasteiger charge is 2.57. The Kier molecular flexibility index (Phi) is 6.38. The van der Waals surface area contributed by atoms with Crippen molar-refractivity contribution in [2.75, 3.05) is 25.2 Å². The van der Waals surface area contributed by atoms with Gasteiger partial charge in [0.1, 0.15) is 5.75 Å². The smallest absolute Gasteiger partial charge is 0.328 e. The van der Waals surface area contributed by atoms with Crippen molar-refractivity contribution in [3.63, 3.8) is 0 Å². The second-order valence-corrected chi connectivity index (χ2v) is 8.61. The van der Waals surface area contributed by atoms with Gasteiger partial charge in [-0.05, 0) is 56.0 Å². The molecule has 0 unspecified atom stereocenters. The van der Waals surface area contributed by atoms with Crippen LogP contribution in [0.5, 0.6) is 11.6 Å². The van der Waals surface area contributed by atoms with Crippen LogP contribution in [0.25, 0.3) is 11.3 Å². The van der Waals surface area contributed by atoms with E-state index in [4.69, 9.17) is 14.0 Å². The van der Waals surface area contributed by atoms with Crippen LogP contribution in [0.4, 0.5) is 10.5 Å². The molecular formula is C25H25N5O6. The summed E-state index contributed by atoms with van der Waals surface area (Å²) in [7, 11) is 1.67. The van der Waals surface area contributed by atoms with E-state index in [0.29, 0.717) is 49.1 Å².